The molecule has 1 rings (SSSR count). The van der Waals surface area contributed by atoms with Crippen LogP contribution in [0.15, 0.2) is 18.2 Å². The number of unbranched alkanes of at least 4 members (excludes halogenated alkanes) is 1. The van der Waals surface area contributed by atoms with E-state index in [-0.39, 0.29) is 5.91 Å². The predicted molar refractivity (Wildman–Crippen MR) is 74.3 cm³/mol. The van der Waals surface area contributed by atoms with Crippen LogP contribution in [0.3, 0.4) is 0 Å². The highest BCUT2D eigenvalue weighted by atomic mass is 16.4. The van der Waals surface area contributed by atoms with E-state index in [4.69, 9.17) is 5.11 Å². The number of carbonyl (C=O) groups excluding carboxylic acids is 1. The van der Waals surface area contributed by atoms with Crippen molar-refractivity contribution in [1.82, 2.24) is 5.32 Å². The number of hydrogen-bond donors (Lipinski definition) is 2. The number of benzene rings is 1. The smallest absolute Gasteiger partial charge is 0.326 e. The molecule has 0 heterocycles. The lowest BCUT2D eigenvalue weighted by atomic mass is 10.0. The van der Waals surface area contributed by atoms with Crippen molar-refractivity contribution in [1.29, 1.82) is 0 Å². The number of carboxylic acids is 1. The zero-order valence-electron chi connectivity index (χ0n) is 11.7. The van der Waals surface area contributed by atoms with E-state index in [1.165, 1.54) is 0 Å². The van der Waals surface area contributed by atoms with Gasteiger partial charge in [0.25, 0.3) is 5.91 Å². The summed E-state index contributed by atoms with van der Waals surface area (Å²) in [6.45, 7) is 5.74. The highest BCUT2D eigenvalue weighted by molar-refractivity contribution is 5.97. The van der Waals surface area contributed by atoms with Gasteiger partial charge in [0, 0.05) is 5.56 Å². The third-order valence-corrected chi connectivity index (χ3v) is 3.09. The van der Waals surface area contributed by atoms with Gasteiger partial charge in [0.2, 0.25) is 0 Å². The molecule has 0 fully saturated rings. The molecule has 19 heavy (non-hydrogen) atoms. The molecule has 4 nitrogen and oxygen atoms in total. The van der Waals surface area contributed by atoms with Gasteiger partial charge in [0.05, 0.1) is 0 Å². The second-order valence-electron chi connectivity index (χ2n) is 4.82. The fourth-order valence-electron chi connectivity index (χ4n) is 1.88. The minimum atomic E-state index is -0.980. The first-order valence-corrected chi connectivity index (χ1v) is 6.56. The quantitative estimate of drug-likeness (QED) is 0.829. The van der Waals surface area contributed by atoms with Crippen LogP contribution >= 0.6 is 0 Å². The maximum absolute atomic E-state index is 12.1. The molecular weight excluding hydrogens is 242 g/mol. The maximum atomic E-state index is 12.1. The summed E-state index contributed by atoms with van der Waals surface area (Å²) >= 11 is 0. The first-order chi connectivity index (χ1) is 8.95. The summed E-state index contributed by atoms with van der Waals surface area (Å²) in [5.74, 6) is -1.29. The van der Waals surface area contributed by atoms with Crippen molar-refractivity contribution in [2.45, 2.75) is 46.1 Å². The van der Waals surface area contributed by atoms with Crippen LogP contribution in [-0.4, -0.2) is 23.0 Å². The monoisotopic (exact) mass is 263 g/mol. The minimum Gasteiger partial charge on any atom is -0.480 e. The Labute approximate surface area is 113 Å². The Hall–Kier alpha value is -1.84. The second-order valence-corrected chi connectivity index (χ2v) is 4.82. The van der Waals surface area contributed by atoms with Gasteiger partial charge in [0.1, 0.15) is 6.04 Å². The molecule has 0 bridgehead atoms. The third-order valence-electron chi connectivity index (χ3n) is 3.09. The zero-order chi connectivity index (χ0) is 14.4. The summed E-state index contributed by atoms with van der Waals surface area (Å²) in [5.41, 5.74) is 2.38. The Kier molecular flexibility index (Phi) is 5.55. The molecule has 1 aromatic carbocycles. The van der Waals surface area contributed by atoms with Gasteiger partial charge in [-0.1, -0.05) is 37.5 Å². The van der Waals surface area contributed by atoms with Crippen molar-refractivity contribution < 1.29 is 14.7 Å². The highest BCUT2D eigenvalue weighted by Crippen LogP contribution is 2.11. The third kappa shape index (κ3) is 4.39. The van der Waals surface area contributed by atoms with Crippen molar-refractivity contribution >= 4 is 11.9 Å². The molecule has 0 unspecified atom stereocenters. The number of carbonyl (C=O) groups is 2. The Bertz CT molecular complexity index is 468. The summed E-state index contributed by atoms with van der Waals surface area (Å²) in [7, 11) is 0. The number of aliphatic carboxylic acids is 1. The number of hydrogen-bond acceptors (Lipinski definition) is 2. The van der Waals surface area contributed by atoms with Gasteiger partial charge in [-0.05, 0) is 31.9 Å². The van der Waals surface area contributed by atoms with Crippen LogP contribution < -0.4 is 5.32 Å². The zero-order valence-corrected chi connectivity index (χ0v) is 11.7. The predicted octanol–water partition coefficient (Wildman–Crippen LogP) is 2.68. The number of nitrogens with one attached hydrogen (secondary N) is 1. The molecule has 1 aromatic rings. The van der Waals surface area contributed by atoms with Crippen LogP contribution in [0.4, 0.5) is 0 Å². The standard InChI is InChI=1S/C15H21NO3/c1-4-5-6-13(15(18)19)16-14(17)12-9-10(2)7-8-11(12)3/h7-9,13H,4-6H2,1-3H3,(H,16,17)(H,18,19)/t13-/m0/s1. The summed E-state index contributed by atoms with van der Waals surface area (Å²) in [6.07, 6.45) is 2.15. The average Bonchev–Trinajstić information content (AvgIpc) is 2.36. The summed E-state index contributed by atoms with van der Waals surface area (Å²) < 4.78 is 0. The van der Waals surface area contributed by atoms with Crippen molar-refractivity contribution in [3.8, 4) is 0 Å². The van der Waals surface area contributed by atoms with E-state index in [0.717, 1.165) is 24.0 Å². The lowest BCUT2D eigenvalue weighted by molar-refractivity contribution is -0.139. The normalized spacial score (nSPS) is 11.9. The Morgan fingerprint density at radius 2 is 2.00 bits per heavy atom. The van der Waals surface area contributed by atoms with E-state index in [9.17, 15) is 9.59 Å². The minimum absolute atomic E-state index is 0.315. The molecule has 0 spiro atoms. The molecule has 4 heteroatoms. The molecule has 1 amide bonds. The van der Waals surface area contributed by atoms with Crippen LogP contribution in [-0.2, 0) is 4.79 Å². The van der Waals surface area contributed by atoms with Gasteiger partial charge in [-0.3, -0.25) is 4.79 Å². The van der Waals surface area contributed by atoms with Gasteiger partial charge in [-0.15, -0.1) is 0 Å². The first-order valence-electron chi connectivity index (χ1n) is 6.56. The van der Waals surface area contributed by atoms with Crippen molar-refractivity contribution in [3.05, 3.63) is 34.9 Å². The molecule has 0 radical (unpaired) electrons. The van der Waals surface area contributed by atoms with E-state index in [0.29, 0.717) is 12.0 Å². The first kappa shape index (κ1) is 15.2. The molecule has 0 aliphatic carbocycles. The molecular formula is C15H21NO3. The number of rotatable bonds is 6. The lowest BCUT2D eigenvalue weighted by Crippen LogP contribution is -2.41. The fraction of sp³-hybridized carbons (Fsp3) is 0.467. The van der Waals surface area contributed by atoms with Gasteiger partial charge < -0.3 is 10.4 Å². The molecule has 1 atom stereocenters. The molecule has 0 saturated heterocycles. The number of amides is 1. The topological polar surface area (TPSA) is 66.4 Å². The Morgan fingerprint density at radius 1 is 1.32 bits per heavy atom. The van der Waals surface area contributed by atoms with Crippen LogP contribution in [0.1, 0.15) is 47.7 Å². The van der Waals surface area contributed by atoms with Crippen molar-refractivity contribution in [2.24, 2.45) is 0 Å². The SMILES string of the molecule is CCCC[C@H](NC(=O)c1cc(C)ccc1C)C(=O)O. The molecule has 0 saturated carbocycles. The van der Waals surface area contributed by atoms with E-state index in [1.54, 1.807) is 6.07 Å². The Balaban J connectivity index is 2.81. The van der Waals surface area contributed by atoms with Crippen molar-refractivity contribution in [3.63, 3.8) is 0 Å². The van der Waals surface area contributed by atoms with E-state index in [2.05, 4.69) is 5.32 Å². The summed E-state index contributed by atoms with van der Waals surface area (Å²) in [6, 6.07) is 4.76. The van der Waals surface area contributed by atoms with E-state index in [1.807, 2.05) is 32.9 Å². The van der Waals surface area contributed by atoms with E-state index < -0.39 is 12.0 Å². The van der Waals surface area contributed by atoms with Gasteiger partial charge in [0.15, 0.2) is 0 Å². The molecule has 0 aromatic heterocycles. The van der Waals surface area contributed by atoms with Crippen LogP contribution in [0.25, 0.3) is 0 Å². The number of aryl methyl sites for hydroxylation is 2. The molecule has 0 aliphatic rings. The van der Waals surface area contributed by atoms with Gasteiger partial charge in [-0.25, -0.2) is 4.79 Å². The maximum Gasteiger partial charge on any atom is 0.326 e. The Morgan fingerprint density at radius 3 is 2.58 bits per heavy atom. The van der Waals surface area contributed by atoms with Gasteiger partial charge >= 0.3 is 5.97 Å². The van der Waals surface area contributed by atoms with Crippen LogP contribution in [0.5, 0.6) is 0 Å². The lowest BCUT2D eigenvalue weighted by Gasteiger charge is -2.15. The fourth-order valence-corrected chi connectivity index (χ4v) is 1.88. The largest absolute Gasteiger partial charge is 0.480 e. The van der Waals surface area contributed by atoms with E-state index >= 15 is 0 Å². The second kappa shape index (κ2) is 6.92. The molecule has 104 valence electrons. The molecule has 0 aliphatic heterocycles. The average molecular weight is 263 g/mol. The van der Waals surface area contributed by atoms with Crippen molar-refractivity contribution in [2.75, 3.05) is 0 Å². The summed E-state index contributed by atoms with van der Waals surface area (Å²) in [4.78, 5) is 23.2. The molecule has 2 N–H and O–H groups in total. The highest BCUT2D eigenvalue weighted by Gasteiger charge is 2.20. The summed E-state index contributed by atoms with van der Waals surface area (Å²) in [5, 5.41) is 11.7. The van der Waals surface area contributed by atoms with Crippen LogP contribution in [0.2, 0.25) is 0 Å². The number of carboxylic acid groups (broad SMARTS) is 1. The van der Waals surface area contributed by atoms with Gasteiger partial charge in [-0.2, -0.15) is 0 Å². The van der Waals surface area contributed by atoms with Crippen LogP contribution in [0, 0.1) is 13.8 Å².